The molecule has 90 valence electrons. The molecule has 0 bridgehead atoms. The summed E-state index contributed by atoms with van der Waals surface area (Å²) in [5, 5.41) is 8.75. The molecule has 0 saturated carbocycles. The Hall–Kier alpha value is -1.29. The molecule has 0 aliphatic heterocycles. The Morgan fingerprint density at radius 1 is 1.62 bits per heavy atom. The number of carboxylic acids is 1. The van der Waals surface area contributed by atoms with Crippen molar-refractivity contribution in [2.24, 2.45) is 0 Å². The van der Waals surface area contributed by atoms with Gasteiger partial charge in [-0.2, -0.15) is 0 Å². The lowest BCUT2D eigenvalue weighted by atomic mass is 10.2. The Morgan fingerprint density at radius 3 is 2.81 bits per heavy atom. The van der Waals surface area contributed by atoms with E-state index in [0.717, 1.165) is 18.4 Å². The van der Waals surface area contributed by atoms with Crippen LogP contribution in [0, 0.1) is 6.92 Å². The topological polar surface area (TPSA) is 59.7 Å². The number of carbonyl (C=O) groups is 1. The SMILES string of the molecule is CCCC(C)OCc1cc(C(=O)O)oc1C. The van der Waals surface area contributed by atoms with Crippen molar-refractivity contribution >= 4 is 5.97 Å². The number of rotatable bonds is 6. The van der Waals surface area contributed by atoms with Gasteiger partial charge in [0.05, 0.1) is 12.7 Å². The molecule has 0 aliphatic rings. The fourth-order valence-electron chi connectivity index (χ4n) is 1.49. The zero-order valence-electron chi connectivity index (χ0n) is 9.95. The number of furan rings is 1. The number of ether oxygens (including phenoxy) is 1. The first-order valence-electron chi connectivity index (χ1n) is 5.48. The summed E-state index contributed by atoms with van der Waals surface area (Å²) >= 11 is 0. The summed E-state index contributed by atoms with van der Waals surface area (Å²) in [4.78, 5) is 10.7. The third-order valence-electron chi connectivity index (χ3n) is 2.45. The number of aryl methyl sites for hydroxylation is 1. The average Bonchev–Trinajstić information content (AvgIpc) is 2.58. The lowest BCUT2D eigenvalue weighted by Crippen LogP contribution is -2.07. The van der Waals surface area contributed by atoms with E-state index in [9.17, 15) is 4.79 Å². The van der Waals surface area contributed by atoms with Crippen LogP contribution in [0.4, 0.5) is 0 Å². The number of hydrogen-bond donors (Lipinski definition) is 1. The van der Waals surface area contributed by atoms with Gasteiger partial charge in [0, 0.05) is 5.56 Å². The predicted octanol–water partition coefficient (Wildman–Crippen LogP) is 2.99. The highest BCUT2D eigenvalue weighted by molar-refractivity contribution is 5.84. The highest BCUT2D eigenvalue weighted by Crippen LogP contribution is 2.17. The largest absolute Gasteiger partial charge is 0.475 e. The molecule has 1 atom stereocenters. The standard InChI is InChI=1S/C12H18O4/c1-4-5-8(2)15-7-10-6-11(12(13)14)16-9(10)3/h6,8H,4-5,7H2,1-3H3,(H,13,14). The van der Waals surface area contributed by atoms with Crippen molar-refractivity contribution in [3.8, 4) is 0 Å². The molecule has 1 aromatic heterocycles. The van der Waals surface area contributed by atoms with E-state index in [-0.39, 0.29) is 11.9 Å². The monoisotopic (exact) mass is 226 g/mol. The van der Waals surface area contributed by atoms with E-state index < -0.39 is 5.97 Å². The van der Waals surface area contributed by atoms with Gasteiger partial charge in [-0.15, -0.1) is 0 Å². The molecule has 0 fully saturated rings. The first-order chi connectivity index (χ1) is 7.54. The van der Waals surface area contributed by atoms with Crippen LogP contribution in [0.1, 0.15) is 48.6 Å². The summed E-state index contributed by atoms with van der Waals surface area (Å²) in [5.41, 5.74) is 0.806. The van der Waals surface area contributed by atoms with Gasteiger partial charge >= 0.3 is 5.97 Å². The number of aromatic carboxylic acids is 1. The maximum atomic E-state index is 10.7. The van der Waals surface area contributed by atoms with Crippen LogP contribution < -0.4 is 0 Å². The van der Waals surface area contributed by atoms with E-state index >= 15 is 0 Å². The molecule has 1 heterocycles. The smallest absolute Gasteiger partial charge is 0.371 e. The van der Waals surface area contributed by atoms with E-state index in [2.05, 4.69) is 6.92 Å². The van der Waals surface area contributed by atoms with Gasteiger partial charge < -0.3 is 14.3 Å². The molecule has 1 unspecified atom stereocenters. The normalized spacial score (nSPS) is 12.7. The summed E-state index contributed by atoms with van der Waals surface area (Å²) < 4.78 is 10.7. The van der Waals surface area contributed by atoms with Gasteiger partial charge in [-0.05, 0) is 26.3 Å². The minimum Gasteiger partial charge on any atom is -0.475 e. The predicted molar refractivity (Wildman–Crippen MR) is 59.6 cm³/mol. The fourth-order valence-corrected chi connectivity index (χ4v) is 1.49. The summed E-state index contributed by atoms with van der Waals surface area (Å²) in [6.45, 7) is 6.27. The van der Waals surface area contributed by atoms with Crippen molar-refractivity contribution in [3.63, 3.8) is 0 Å². The third kappa shape index (κ3) is 3.38. The molecule has 4 heteroatoms. The van der Waals surface area contributed by atoms with Crippen LogP contribution in [0.15, 0.2) is 10.5 Å². The van der Waals surface area contributed by atoms with Crippen LogP contribution in [0.3, 0.4) is 0 Å². The minimum absolute atomic E-state index is 0.0285. The molecule has 0 aliphatic carbocycles. The lowest BCUT2D eigenvalue weighted by Gasteiger charge is -2.10. The van der Waals surface area contributed by atoms with Crippen molar-refractivity contribution in [3.05, 3.63) is 23.2 Å². The molecule has 0 spiro atoms. The van der Waals surface area contributed by atoms with Crippen LogP contribution in [0.25, 0.3) is 0 Å². The Labute approximate surface area is 95.2 Å². The summed E-state index contributed by atoms with van der Waals surface area (Å²) in [7, 11) is 0. The Morgan fingerprint density at radius 2 is 2.31 bits per heavy atom. The molecule has 1 aromatic rings. The second kappa shape index (κ2) is 5.70. The fraction of sp³-hybridized carbons (Fsp3) is 0.583. The first-order valence-corrected chi connectivity index (χ1v) is 5.48. The zero-order chi connectivity index (χ0) is 12.1. The highest BCUT2D eigenvalue weighted by Gasteiger charge is 2.13. The van der Waals surface area contributed by atoms with Crippen molar-refractivity contribution in [2.75, 3.05) is 0 Å². The van der Waals surface area contributed by atoms with Crippen LogP contribution in [-0.2, 0) is 11.3 Å². The Kier molecular flexibility index (Phi) is 4.55. The molecule has 0 amide bonds. The molecule has 16 heavy (non-hydrogen) atoms. The van der Waals surface area contributed by atoms with E-state index in [1.165, 1.54) is 6.07 Å². The quantitative estimate of drug-likeness (QED) is 0.810. The van der Waals surface area contributed by atoms with Crippen molar-refractivity contribution < 1.29 is 19.1 Å². The molecule has 1 N–H and O–H groups in total. The Balaban J connectivity index is 2.57. The summed E-state index contributed by atoms with van der Waals surface area (Å²) in [5.74, 6) is -0.462. The van der Waals surface area contributed by atoms with Crippen molar-refractivity contribution in [1.29, 1.82) is 0 Å². The maximum absolute atomic E-state index is 10.7. The van der Waals surface area contributed by atoms with Gasteiger partial charge in [-0.25, -0.2) is 4.79 Å². The van der Waals surface area contributed by atoms with Gasteiger partial charge in [-0.3, -0.25) is 0 Å². The molecule has 1 rings (SSSR count). The number of hydrogen-bond acceptors (Lipinski definition) is 3. The van der Waals surface area contributed by atoms with Crippen LogP contribution in [0.2, 0.25) is 0 Å². The molecule has 0 aromatic carbocycles. The van der Waals surface area contributed by atoms with Gasteiger partial charge in [0.1, 0.15) is 5.76 Å². The second-order valence-corrected chi connectivity index (χ2v) is 3.91. The van der Waals surface area contributed by atoms with Gasteiger partial charge in [0.25, 0.3) is 0 Å². The Bertz CT molecular complexity index is 354. The first kappa shape index (κ1) is 12.8. The van der Waals surface area contributed by atoms with Gasteiger partial charge in [-0.1, -0.05) is 13.3 Å². The average molecular weight is 226 g/mol. The molecular weight excluding hydrogens is 208 g/mol. The zero-order valence-corrected chi connectivity index (χ0v) is 9.95. The number of carboxylic acid groups (broad SMARTS) is 1. The van der Waals surface area contributed by atoms with Crippen LogP contribution in [0.5, 0.6) is 0 Å². The van der Waals surface area contributed by atoms with E-state index in [1.54, 1.807) is 6.92 Å². The molecule has 4 nitrogen and oxygen atoms in total. The van der Waals surface area contributed by atoms with Crippen LogP contribution >= 0.6 is 0 Å². The molecule has 0 saturated heterocycles. The maximum Gasteiger partial charge on any atom is 0.371 e. The van der Waals surface area contributed by atoms with Gasteiger partial charge in [0.2, 0.25) is 5.76 Å². The van der Waals surface area contributed by atoms with E-state index in [1.807, 2.05) is 6.92 Å². The summed E-state index contributed by atoms with van der Waals surface area (Å²) in [6, 6.07) is 1.52. The lowest BCUT2D eigenvalue weighted by molar-refractivity contribution is 0.0465. The molecule has 0 radical (unpaired) electrons. The highest BCUT2D eigenvalue weighted by atomic mass is 16.5. The summed E-state index contributed by atoms with van der Waals surface area (Å²) in [6.07, 6.45) is 2.27. The van der Waals surface area contributed by atoms with Gasteiger partial charge in [0.15, 0.2) is 0 Å². The molecular formula is C12H18O4. The van der Waals surface area contributed by atoms with Crippen molar-refractivity contribution in [1.82, 2.24) is 0 Å². The second-order valence-electron chi connectivity index (χ2n) is 3.91. The van der Waals surface area contributed by atoms with Crippen molar-refractivity contribution in [2.45, 2.75) is 46.3 Å². The minimum atomic E-state index is -1.05. The van der Waals surface area contributed by atoms with Crippen LogP contribution in [-0.4, -0.2) is 17.2 Å². The third-order valence-corrected chi connectivity index (χ3v) is 2.45. The van der Waals surface area contributed by atoms with E-state index in [0.29, 0.717) is 12.4 Å². The van der Waals surface area contributed by atoms with E-state index in [4.69, 9.17) is 14.3 Å².